The third-order valence-corrected chi connectivity index (χ3v) is 9.21. The number of carbonyl (C=O) groups is 2. The van der Waals surface area contributed by atoms with E-state index >= 15 is 0 Å². The summed E-state index contributed by atoms with van der Waals surface area (Å²) in [5.41, 5.74) is 3.81. The average Bonchev–Trinajstić information content (AvgIpc) is 3.43. The molecule has 1 N–H and O–H groups in total. The van der Waals surface area contributed by atoms with Gasteiger partial charge >= 0.3 is 5.97 Å². The lowest BCUT2D eigenvalue weighted by atomic mass is 10.0. The van der Waals surface area contributed by atoms with E-state index in [1.807, 2.05) is 26.0 Å². The van der Waals surface area contributed by atoms with Gasteiger partial charge in [0.15, 0.2) is 4.21 Å². The highest BCUT2D eigenvalue weighted by atomic mass is 32.2. The van der Waals surface area contributed by atoms with Gasteiger partial charge in [-0.15, -0.1) is 11.3 Å². The van der Waals surface area contributed by atoms with Crippen LogP contribution >= 0.6 is 11.3 Å². The minimum absolute atomic E-state index is 0.000847. The number of esters is 1. The number of hydrogen-bond acceptors (Lipinski definition) is 6. The Labute approximate surface area is 192 Å². The van der Waals surface area contributed by atoms with E-state index in [-0.39, 0.29) is 15.7 Å². The van der Waals surface area contributed by atoms with Gasteiger partial charge in [0.25, 0.3) is 10.0 Å². The number of allylic oxidation sites excluding steroid dienone is 1. The van der Waals surface area contributed by atoms with Gasteiger partial charge < -0.3 is 9.64 Å². The standard InChI is InChI=1S/C23H26N2O5S2/c1-14-7-6-10-18(15(14)2)24-32(28,29)23-20(22(27)30-3)17-11-12-25(13-19(17)31-23)21(26)16-8-4-5-9-16/h6-8,10,24H,4-5,9,11-13H2,1-3H3. The molecule has 9 heteroatoms. The molecule has 0 fully saturated rings. The van der Waals surface area contributed by atoms with E-state index in [9.17, 15) is 18.0 Å². The number of ether oxygens (including phenoxy) is 1. The summed E-state index contributed by atoms with van der Waals surface area (Å²) in [6.07, 6.45) is 5.07. The fraction of sp³-hybridized carbons (Fsp3) is 0.391. The zero-order chi connectivity index (χ0) is 23.0. The summed E-state index contributed by atoms with van der Waals surface area (Å²) < 4.78 is 34.2. The SMILES string of the molecule is COC(=O)c1c(S(=O)(=O)Nc2cccc(C)c2C)sc2c1CCN(C(=O)C1=CCCC1)C2. The Balaban J connectivity index is 1.71. The number of benzene rings is 1. The van der Waals surface area contributed by atoms with Gasteiger partial charge in [0, 0.05) is 17.0 Å². The number of sulfonamides is 1. The number of thiophene rings is 1. The number of carbonyl (C=O) groups excluding carboxylic acids is 2. The van der Waals surface area contributed by atoms with Crippen molar-refractivity contribution >= 4 is 38.9 Å². The van der Waals surface area contributed by atoms with Crippen molar-refractivity contribution in [1.82, 2.24) is 4.90 Å². The fourth-order valence-corrected chi connectivity index (χ4v) is 7.19. The summed E-state index contributed by atoms with van der Waals surface area (Å²) in [5.74, 6) is -0.679. The number of amides is 1. The lowest BCUT2D eigenvalue weighted by Crippen LogP contribution is -2.36. The number of hydrogen-bond donors (Lipinski definition) is 1. The topological polar surface area (TPSA) is 92.8 Å². The average molecular weight is 475 g/mol. The van der Waals surface area contributed by atoms with Gasteiger partial charge in [-0.1, -0.05) is 18.2 Å². The predicted molar refractivity (Wildman–Crippen MR) is 123 cm³/mol. The van der Waals surface area contributed by atoms with Crippen LogP contribution < -0.4 is 4.72 Å². The van der Waals surface area contributed by atoms with E-state index in [1.165, 1.54) is 7.11 Å². The van der Waals surface area contributed by atoms with Crippen LogP contribution in [0.1, 0.15) is 51.2 Å². The minimum Gasteiger partial charge on any atom is -0.465 e. The van der Waals surface area contributed by atoms with Crippen molar-refractivity contribution in [2.24, 2.45) is 0 Å². The third-order valence-electron chi connectivity index (χ3n) is 6.11. The molecule has 7 nitrogen and oxygen atoms in total. The van der Waals surface area contributed by atoms with Crippen molar-refractivity contribution < 1.29 is 22.7 Å². The quantitative estimate of drug-likeness (QED) is 0.663. The molecule has 0 atom stereocenters. The molecule has 0 radical (unpaired) electrons. The highest BCUT2D eigenvalue weighted by Crippen LogP contribution is 2.38. The lowest BCUT2D eigenvalue weighted by molar-refractivity contribution is -0.128. The molecular formula is C23H26N2O5S2. The summed E-state index contributed by atoms with van der Waals surface area (Å²) in [5, 5.41) is 0. The number of nitrogens with one attached hydrogen (secondary N) is 1. The minimum atomic E-state index is -4.03. The van der Waals surface area contributed by atoms with Crippen LogP contribution in [-0.4, -0.2) is 38.8 Å². The number of rotatable bonds is 5. The van der Waals surface area contributed by atoms with Crippen molar-refractivity contribution in [2.45, 2.75) is 50.3 Å². The molecule has 2 heterocycles. The molecule has 1 aliphatic carbocycles. The predicted octanol–water partition coefficient (Wildman–Crippen LogP) is 3.95. The Morgan fingerprint density at radius 3 is 2.66 bits per heavy atom. The number of fused-ring (bicyclic) bond motifs is 1. The zero-order valence-corrected chi connectivity index (χ0v) is 20.0. The highest BCUT2D eigenvalue weighted by molar-refractivity contribution is 7.94. The molecular weight excluding hydrogens is 448 g/mol. The lowest BCUT2D eigenvalue weighted by Gasteiger charge is -2.27. The first kappa shape index (κ1) is 22.5. The van der Waals surface area contributed by atoms with Gasteiger partial charge in [-0.25, -0.2) is 13.2 Å². The number of methoxy groups -OCH3 is 1. The number of anilines is 1. The van der Waals surface area contributed by atoms with E-state index in [2.05, 4.69) is 4.72 Å². The van der Waals surface area contributed by atoms with Crippen LogP contribution in [0.3, 0.4) is 0 Å². The van der Waals surface area contributed by atoms with Crippen LogP contribution in [0.25, 0.3) is 0 Å². The summed E-state index contributed by atoms with van der Waals surface area (Å²) in [6, 6.07) is 5.38. The number of aryl methyl sites for hydroxylation is 1. The van der Waals surface area contributed by atoms with E-state index < -0.39 is 16.0 Å². The van der Waals surface area contributed by atoms with Crippen LogP contribution in [0.5, 0.6) is 0 Å². The Hall–Kier alpha value is -2.65. The van der Waals surface area contributed by atoms with Crippen molar-refractivity contribution in [2.75, 3.05) is 18.4 Å². The molecule has 0 unspecified atom stereocenters. The van der Waals surface area contributed by atoms with Crippen molar-refractivity contribution in [3.8, 4) is 0 Å². The van der Waals surface area contributed by atoms with Crippen molar-refractivity contribution in [3.05, 3.63) is 57.0 Å². The fourth-order valence-electron chi connectivity index (χ4n) is 4.17. The maximum Gasteiger partial charge on any atom is 0.340 e. The summed E-state index contributed by atoms with van der Waals surface area (Å²) >= 11 is 1.04. The van der Waals surface area contributed by atoms with E-state index in [1.54, 1.807) is 17.0 Å². The summed E-state index contributed by atoms with van der Waals surface area (Å²) in [7, 11) is -2.79. The molecule has 0 saturated heterocycles. The molecule has 4 rings (SSSR count). The second-order valence-corrected chi connectivity index (χ2v) is 11.1. The summed E-state index contributed by atoms with van der Waals surface area (Å²) in [4.78, 5) is 27.9. The third kappa shape index (κ3) is 4.06. The maximum atomic E-state index is 13.4. The first-order valence-electron chi connectivity index (χ1n) is 10.5. The molecule has 2 aliphatic rings. The van der Waals surface area contributed by atoms with E-state index in [0.717, 1.165) is 47.3 Å². The Kier molecular flexibility index (Phi) is 6.13. The normalized spacial score (nSPS) is 15.8. The molecule has 32 heavy (non-hydrogen) atoms. The smallest absolute Gasteiger partial charge is 0.340 e. The molecule has 0 saturated carbocycles. The highest BCUT2D eigenvalue weighted by Gasteiger charge is 2.35. The number of nitrogens with zero attached hydrogens (tertiary/aromatic N) is 1. The molecule has 1 aliphatic heterocycles. The first-order chi connectivity index (χ1) is 15.2. The molecule has 170 valence electrons. The van der Waals surface area contributed by atoms with E-state index in [4.69, 9.17) is 4.74 Å². The zero-order valence-electron chi connectivity index (χ0n) is 18.4. The Morgan fingerprint density at radius 2 is 1.97 bits per heavy atom. The van der Waals surface area contributed by atoms with Gasteiger partial charge in [-0.2, -0.15) is 0 Å². The first-order valence-corrected chi connectivity index (χ1v) is 12.8. The molecule has 1 aromatic heterocycles. The summed E-state index contributed by atoms with van der Waals surface area (Å²) in [6.45, 7) is 4.48. The maximum absolute atomic E-state index is 13.4. The van der Waals surface area contributed by atoms with Gasteiger partial charge in [-0.3, -0.25) is 9.52 Å². The van der Waals surface area contributed by atoms with Gasteiger partial charge in [0.1, 0.15) is 0 Å². The molecule has 0 bridgehead atoms. The molecule has 2 aromatic rings. The van der Waals surface area contributed by atoms with E-state index in [0.29, 0.717) is 35.6 Å². The second kappa shape index (κ2) is 8.71. The van der Waals surface area contributed by atoms with Crippen LogP contribution in [0.2, 0.25) is 0 Å². The van der Waals surface area contributed by atoms with Crippen LogP contribution in [0, 0.1) is 13.8 Å². The Morgan fingerprint density at radius 1 is 1.19 bits per heavy atom. The monoisotopic (exact) mass is 474 g/mol. The van der Waals surface area contributed by atoms with Gasteiger partial charge in [0.05, 0.1) is 24.9 Å². The van der Waals surface area contributed by atoms with Crippen molar-refractivity contribution in [1.29, 1.82) is 0 Å². The molecule has 1 amide bonds. The van der Waals surface area contributed by atoms with Crippen LogP contribution in [0.15, 0.2) is 34.1 Å². The largest absolute Gasteiger partial charge is 0.465 e. The van der Waals surface area contributed by atoms with Crippen LogP contribution in [0.4, 0.5) is 5.69 Å². The second-order valence-electron chi connectivity index (χ2n) is 8.11. The van der Waals surface area contributed by atoms with Crippen molar-refractivity contribution in [3.63, 3.8) is 0 Å². The van der Waals surface area contributed by atoms with Gasteiger partial charge in [0.2, 0.25) is 5.91 Å². The van der Waals surface area contributed by atoms with Gasteiger partial charge in [-0.05, 0) is 62.3 Å². The molecule has 0 spiro atoms. The molecule has 1 aromatic carbocycles. The Bertz CT molecular complexity index is 1230. The van der Waals surface area contributed by atoms with Crippen LogP contribution in [-0.2, 0) is 32.5 Å².